The molecule has 8 heteroatoms. The zero-order valence-corrected chi connectivity index (χ0v) is 21.4. The van der Waals surface area contributed by atoms with Gasteiger partial charge in [-0.25, -0.2) is 9.37 Å². The van der Waals surface area contributed by atoms with Crippen molar-refractivity contribution in [3.8, 4) is 5.75 Å². The van der Waals surface area contributed by atoms with Crippen LogP contribution in [0.4, 0.5) is 10.1 Å². The maximum absolute atomic E-state index is 14.1. The van der Waals surface area contributed by atoms with Crippen molar-refractivity contribution in [1.29, 1.82) is 0 Å². The summed E-state index contributed by atoms with van der Waals surface area (Å²) >= 11 is 11.9. The van der Waals surface area contributed by atoms with Crippen LogP contribution in [-0.4, -0.2) is 49.1 Å². The molecule has 0 radical (unpaired) electrons. The Morgan fingerprint density at radius 1 is 1.14 bits per heavy atom. The van der Waals surface area contributed by atoms with E-state index >= 15 is 0 Å². The van der Waals surface area contributed by atoms with E-state index in [0.29, 0.717) is 27.8 Å². The number of anilines is 1. The molecule has 2 aromatic carbocycles. The van der Waals surface area contributed by atoms with Gasteiger partial charge in [-0.15, -0.1) is 0 Å². The first kappa shape index (κ1) is 24.8. The van der Waals surface area contributed by atoms with Gasteiger partial charge in [0, 0.05) is 46.5 Å². The minimum Gasteiger partial charge on any atom is -0.497 e. The number of hydrogen-bond acceptors (Lipinski definition) is 4. The SMILES string of the molecule is COc1ccc2c(c1)C1(CCN(CC=Cc3ccc(Cl)cc3F)CC1)CN2C(=O)c1ccnc(Cl)c1. The predicted molar refractivity (Wildman–Crippen MR) is 142 cm³/mol. The largest absolute Gasteiger partial charge is 0.497 e. The highest BCUT2D eigenvalue weighted by Crippen LogP contribution is 2.48. The van der Waals surface area contributed by atoms with Gasteiger partial charge in [0.25, 0.3) is 5.91 Å². The van der Waals surface area contributed by atoms with E-state index in [0.717, 1.165) is 49.5 Å². The number of likely N-dealkylation sites (tertiary alicyclic amines) is 1. The number of carbonyl (C=O) groups excluding carboxylic acids is 1. The normalized spacial score (nSPS) is 17.1. The van der Waals surface area contributed by atoms with Crippen LogP contribution < -0.4 is 9.64 Å². The van der Waals surface area contributed by atoms with Crippen molar-refractivity contribution in [2.24, 2.45) is 0 Å². The Labute approximate surface area is 220 Å². The summed E-state index contributed by atoms with van der Waals surface area (Å²) in [4.78, 5) is 21.7. The molecule has 3 heterocycles. The third-order valence-corrected chi connectivity index (χ3v) is 7.62. The number of benzene rings is 2. The first-order valence-electron chi connectivity index (χ1n) is 11.8. The minimum absolute atomic E-state index is 0.0852. The van der Waals surface area contributed by atoms with E-state index in [1.54, 1.807) is 43.6 Å². The number of rotatable bonds is 5. The average Bonchev–Trinajstić information content (AvgIpc) is 3.19. The fourth-order valence-corrected chi connectivity index (χ4v) is 5.54. The van der Waals surface area contributed by atoms with Crippen molar-refractivity contribution < 1.29 is 13.9 Å². The summed E-state index contributed by atoms with van der Waals surface area (Å²) in [7, 11) is 1.66. The number of amides is 1. The predicted octanol–water partition coefficient (Wildman–Crippen LogP) is 6.24. The van der Waals surface area contributed by atoms with Crippen molar-refractivity contribution in [1.82, 2.24) is 9.88 Å². The second kappa shape index (κ2) is 10.2. The molecule has 2 aliphatic heterocycles. The van der Waals surface area contributed by atoms with E-state index in [4.69, 9.17) is 27.9 Å². The van der Waals surface area contributed by atoms with Gasteiger partial charge in [-0.05, 0) is 74.0 Å². The standard InChI is InChI=1S/C28H26Cl2FN3O2/c1-36-22-6-7-25-23(17-22)28(18-34(25)27(35)20-8-11-32-26(30)15-20)9-13-33(14-10-28)12-2-3-19-4-5-21(29)16-24(19)31/h2-8,11,15-17H,9-10,12-14,18H2,1H3. The van der Waals surface area contributed by atoms with Crippen molar-refractivity contribution in [2.45, 2.75) is 18.3 Å². The Morgan fingerprint density at radius 2 is 1.94 bits per heavy atom. The summed E-state index contributed by atoms with van der Waals surface area (Å²) in [5.41, 5.74) is 2.95. The fraction of sp³-hybridized carbons (Fsp3) is 0.286. The lowest BCUT2D eigenvalue weighted by atomic mass is 9.74. The van der Waals surface area contributed by atoms with Crippen molar-refractivity contribution in [2.75, 3.05) is 38.2 Å². The number of nitrogens with zero attached hydrogens (tertiary/aromatic N) is 3. The van der Waals surface area contributed by atoms with E-state index in [1.165, 1.54) is 6.07 Å². The highest BCUT2D eigenvalue weighted by atomic mass is 35.5. The summed E-state index contributed by atoms with van der Waals surface area (Å²) in [6.07, 6.45) is 7.14. The Bertz CT molecular complexity index is 1320. The third kappa shape index (κ3) is 4.85. The van der Waals surface area contributed by atoms with Gasteiger partial charge in [0.2, 0.25) is 0 Å². The topological polar surface area (TPSA) is 45.7 Å². The monoisotopic (exact) mass is 525 g/mol. The van der Waals surface area contributed by atoms with Gasteiger partial charge < -0.3 is 9.64 Å². The quantitative estimate of drug-likeness (QED) is 0.369. The van der Waals surface area contributed by atoms with Crippen LogP contribution in [-0.2, 0) is 5.41 Å². The van der Waals surface area contributed by atoms with Crippen LogP contribution in [0.15, 0.2) is 60.8 Å². The van der Waals surface area contributed by atoms with Crippen LogP contribution in [0.25, 0.3) is 6.08 Å². The van der Waals surface area contributed by atoms with E-state index < -0.39 is 0 Å². The van der Waals surface area contributed by atoms with Crippen LogP contribution in [0, 0.1) is 5.82 Å². The molecule has 0 saturated carbocycles. The number of pyridine rings is 1. The molecular formula is C28H26Cl2FN3O2. The Balaban J connectivity index is 1.33. The molecule has 5 nitrogen and oxygen atoms in total. The van der Waals surface area contributed by atoms with Gasteiger partial charge in [-0.3, -0.25) is 9.69 Å². The van der Waals surface area contributed by atoms with Crippen LogP contribution in [0.3, 0.4) is 0 Å². The lowest BCUT2D eigenvalue weighted by Crippen LogP contribution is -2.46. The Kier molecular flexibility index (Phi) is 7.02. The minimum atomic E-state index is -0.326. The maximum atomic E-state index is 14.1. The van der Waals surface area contributed by atoms with Crippen molar-refractivity contribution >= 4 is 40.9 Å². The number of carbonyl (C=O) groups is 1. The van der Waals surface area contributed by atoms with Gasteiger partial charge >= 0.3 is 0 Å². The second-order valence-corrected chi connectivity index (χ2v) is 10.1. The number of aromatic nitrogens is 1. The molecule has 1 fully saturated rings. The average molecular weight is 526 g/mol. The summed E-state index contributed by atoms with van der Waals surface area (Å²) in [6, 6.07) is 13.9. The Morgan fingerprint density at radius 3 is 2.67 bits per heavy atom. The molecule has 0 unspecified atom stereocenters. The number of ether oxygens (including phenoxy) is 1. The molecule has 1 spiro atoms. The Hall–Kier alpha value is -2.93. The van der Waals surface area contributed by atoms with Crippen LogP contribution in [0.5, 0.6) is 5.75 Å². The highest BCUT2D eigenvalue weighted by Gasteiger charge is 2.46. The van der Waals surface area contributed by atoms with Gasteiger partial charge in [0.15, 0.2) is 0 Å². The lowest BCUT2D eigenvalue weighted by molar-refractivity contribution is 0.0977. The summed E-state index contributed by atoms with van der Waals surface area (Å²) in [6.45, 7) is 3.07. The smallest absolute Gasteiger partial charge is 0.258 e. The molecule has 1 saturated heterocycles. The van der Waals surface area contributed by atoms with Crippen molar-refractivity contribution in [3.05, 3.63) is 93.5 Å². The summed E-state index contributed by atoms with van der Waals surface area (Å²) in [5, 5.41) is 0.684. The molecule has 2 aliphatic rings. The van der Waals surface area contributed by atoms with Crippen LogP contribution >= 0.6 is 23.2 Å². The molecule has 5 rings (SSSR count). The second-order valence-electron chi connectivity index (χ2n) is 9.29. The third-order valence-electron chi connectivity index (χ3n) is 7.18. The molecule has 36 heavy (non-hydrogen) atoms. The number of halogens is 3. The van der Waals surface area contributed by atoms with Crippen LogP contribution in [0.1, 0.15) is 34.3 Å². The molecule has 0 atom stereocenters. The number of fused-ring (bicyclic) bond motifs is 2. The molecule has 0 N–H and O–H groups in total. The zero-order chi connectivity index (χ0) is 25.3. The zero-order valence-electron chi connectivity index (χ0n) is 19.9. The van der Waals surface area contributed by atoms with Crippen LogP contribution in [0.2, 0.25) is 10.2 Å². The van der Waals surface area contributed by atoms with E-state index in [2.05, 4.69) is 16.0 Å². The highest BCUT2D eigenvalue weighted by molar-refractivity contribution is 6.30. The van der Waals surface area contributed by atoms with E-state index in [-0.39, 0.29) is 17.1 Å². The van der Waals surface area contributed by atoms with E-state index in [9.17, 15) is 9.18 Å². The van der Waals surface area contributed by atoms with Gasteiger partial charge in [-0.2, -0.15) is 0 Å². The van der Waals surface area contributed by atoms with E-state index in [1.807, 2.05) is 23.1 Å². The van der Waals surface area contributed by atoms with Crippen molar-refractivity contribution in [3.63, 3.8) is 0 Å². The first-order chi connectivity index (χ1) is 17.4. The lowest BCUT2D eigenvalue weighted by Gasteiger charge is -2.39. The summed E-state index contributed by atoms with van der Waals surface area (Å²) < 4.78 is 19.6. The molecule has 3 aromatic rings. The first-order valence-corrected chi connectivity index (χ1v) is 12.6. The number of piperidine rings is 1. The fourth-order valence-electron chi connectivity index (χ4n) is 5.20. The summed E-state index contributed by atoms with van der Waals surface area (Å²) in [5.74, 6) is 0.371. The molecule has 0 aliphatic carbocycles. The molecular weight excluding hydrogens is 500 g/mol. The van der Waals surface area contributed by atoms with Gasteiger partial charge in [0.1, 0.15) is 16.7 Å². The number of methoxy groups -OCH3 is 1. The number of hydrogen-bond donors (Lipinski definition) is 0. The maximum Gasteiger partial charge on any atom is 0.258 e. The molecule has 0 bridgehead atoms. The van der Waals surface area contributed by atoms with Gasteiger partial charge in [-0.1, -0.05) is 41.4 Å². The molecule has 186 valence electrons. The molecule has 1 amide bonds. The molecule has 1 aromatic heterocycles. The van der Waals surface area contributed by atoms with Gasteiger partial charge in [0.05, 0.1) is 7.11 Å².